The zero-order valence-electron chi connectivity index (χ0n) is 23.3. The van der Waals surface area contributed by atoms with E-state index in [1.807, 2.05) is 64.2 Å². The van der Waals surface area contributed by atoms with Crippen molar-refractivity contribution in [3.8, 4) is 0 Å². The molecule has 2 saturated carbocycles. The molecule has 0 saturated heterocycles. The first-order chi connectivity index (χ1) is 18.7. The molecule has 2 aromatic rings. The van der Waals surface area contributed by atoms with E-state index in [2.05, 4.69) is 74.5 Å². The Bertz CT molecular complexity index is 966. The monoisotopic (exact) mass is 588 g/mol. The molecule has 39 heavy (non-hydrogen) atoms. The zero-order valence-corrected chi connectivity index (χ0v) is 25.7. The molecule has 0 spiro atoms. The Balaban J connectivity index is 0.000000319. The van der Waals surface area contributed by atoms with E-state index in [-0.39, 0.29) is 26.2 Å². The molecule has 0 amide bonds. The smallest absolute Gasteiger partial charge is 0.342 e. The maximum atomic E-state index is 4.53. The molecule has 0 nitrogen and oxygen atoms in total. The first-order valence-electron chi connectivity index (χ1n) is 14.2. The van der Waals surface area contributed by atoms with Gasteiger partial charge in [0.1, 0.15) is 0 Å². The fourth-order valence-corrected chi connectivity index (χ4v) is 5.55. The number of rotatable bonds is 4. The third kappa shape index (κ3) is 11.0. The van der Waals surface area contributed by atoms with Gasteiger partial charge in [0.2, 0.25) is 0 Å². The molecule has 0 bridgehead atoms. The fourth-order valence-electron chi connectivity index (χ4n) is 5.55. The van der Waals surface area contributed by atoms with Crippen LogP contribution in [-0.2, 0) is 39.0 Å². The van der Waals surface area contributed by atoms with Gasteiger partial charge in [-0.2, -0.15) is 11.8 Å². The summed E-state index contributed by atoms with van der Waals surface area (Å²) in [7, 11) is 0. The van der Waals surface area contributed by atoms with Gasteiger partial charge in [-0.05, 0) is 125 Å². The van der Waals surface area contributed by atoms with Crippen molar-refractivity contribution < 1.29 is 26.2 Å². The van der Waals surface area contributed by atoms with Crippen molar-refractivity contribution in [3.63, 3.8) is 0 Å². The first-order valence-corrected chi connectivity index (χ1v) is 14.2. The maximum absolute atomic E-state index is 4.53. The number of hydrogen-bond donors (Lipinski definition) is 0. The van der Waals surface area contributed by atoms with Crippen LogP contribution in [0, 0.1) is 89.9 Å². The summed E-state index contributed by atoms with van der Waals surface area (Å²) in [5, 5.41) is 0. The van der Waals surface area contributed by atoms with E-state index >= 15 is 0 Å². The molecule has 10 radical (unpaired) electrons. The van der Waals surface area contributed by atoms with Gasteiger partial charge in [-0.3, -0.25) is 0 Å². The Hall–Kier alpha value is -1.20. The Labute approximate surface area is 260 Å². The topological polar surface area (TPSA) is 0 Å². The average Bonchev–Trinajstić information content (AvgIpc) is 3.73. The number of benzene rings is 2. The average molecular weight is 590 g/mol. The van der Waals surface area contributed by atoms with Crippen molar-refractivity contribution in [1.82, 2.24) is 0 Å². The van der Waals surface area contributed by atoms with Crippen LogP contribution in [0.5, 0.6) is 0 Å². The molecule has 4 aliphatic carbocycles. The zero-order chi connectivity index (χ0) is 26.4. The largest absolute Gasteiger partial charge is 2.00 e. The van der Waals surface area contributed by atoms with E-state index in [1.54, 1.807) is 22.3 Å². The molecule has 0 N–H and O–H groups in total. The molecule has 198 valence electrons. The number of allylic oxidation sites excluding steroid dienone is 4. The van der Waals surface area contributed by atoms with Gasteiger partial charge < -0.3 is 13.8 Å². The maximum Gasteiger partial charge on any atom is 2.00 e. The molecule has 0 aliphatic heterocycles. The van der Waals surface area contributed by atoms with Gasteiger partial charge in [0.15, 0.2) is 0 Å². The van der Waals surface area contributed by atoms with Gasteiger partial charge in [-0.25, -0.2) is 0 Å². The fraction of sp³-hybridized carbons (Fsp3) is 0.263. The van der Waals surface area contributed by atoms with Crippen LogP contribution < -0.4 is 0 Å². The summed E-state index contributed by atoms with van der Waals surface area (Å²) in [6.45, 7) is 9.03. The molecule has 2 atom stereocenters. The van der Waals surface area contributed by atoms with Gasteiger partial charge in [0.25, 0.3) is 0 Å². The summed E-state index contributed by atoms with van der Waals surface area (Å²) in [6.07, 6.45) is 29.5. The minimum absolute atomic E-state index is 0. The van der Waals surface area contributed by atoms with Crippen LogP contribution in [0.2, 0.25) is 0 Å². The Kier molecular flexibility index (Phi) is 15.1. The molecule has 4 aliphatic rings. The van der Waals surface area contributed by atoms with Crippen LogP contribution in [-0.4, -0.2) is 0 Å². The van der Waals surface area contributed by atoms with Crippen molar-refractivity contribution >= 4 is 0 Å². The van der Waals surface area contributed by atoms with Crippen LogP contribution in [0.1, 0.15) is 49.7 Å². The summed E-state index contributed by atoms with van der Waals surface area (Å²) >= 11 is 0. The normalized spacial score (nSPS) is 24.7. The standard InChI is InChI=1S/C28H32.2C5H5.Zr/c1-21-17-25-15-9-10-16-27(25)28(20-24-13-7-4-8-14-24)26(18-22(21)2)19-23-11-5-3-6-12-23;2*1-2-4-5-3-1;/h3-8,11-14,21-22H,1-2,9-10,15-20H2;2*1-5H;/q-2;;;+2/b28-26+;;;/t21-,22-;;;/m0.../s1. The van der Waals surface area contributed by atoms with Crippen molar-refractivity contribution in [3.05, 3.63) is 172 Å². The van der Waals surface area contributed by atoms with E-state index in [0.29, 0.717) is 11.8 Å². The quantitative estimate of drug-likeness (QED) is 0.312. The van der Waals surface area contributed by atoms with Crippen molar-refractivity contribution in [2.45, 2.75) is 51.4 Å². The van der Waals surface area contributed by atoms with Crippen molar-refractivity contribution in [2.75, 3.05) is 0 Å². The van der Waals surface area contributed by atoms with E-state index in [4.69, 9.17) is 0 Å². The van der Waals surface area contributed by atoms with Gasteiger partial charge in [-0.1, -0.05) is 84.7 Å². The SMILES string of the molecule is [CH2-][C@H]1CC2=C(CCCC2)/C(Cc2ccccc2)=C(/Cc2ccccc2)C[C@@H]1[CH2-].[CH]1[CH][CH][CH][CH]1.[CH]1[CH][CH][CH][CH]1.[Zr+2]. The van der Waals surface area contributed by atoms with Crippen LogP contribution in [0.4, 0.5) is 0 Å². The summed E-state index contributed by atoms with van der Waals surface area (Å²) < 4.78 is 0. The molecule has 6 rings (SSSR count). The van der Waals surface area contributed by atoms with E-state index in [0.717, 1.165) is 25.7 Å². The minimum Gasteiger partial charge on any atom is -0.342 e. The molecular formula is C38H42Zr. The second-order valence-electron chi connectivity index (χ2n) is 10.5. The summed E-state index contributed by atoms with van der Waals surface area (Å²) in [4.78, 5) is 0. The minimum atomic E-state index is 0. The van der Waals surface area contributed by atoms with Crippen LogP contribution in [0.3, 0.4) is 0 Å². The molecule has 0 aromatic heterocycles. The van der Waals surface area contributed by atoms with Gasteiger partial charge >= 0.3 is 26.2 Å². The van der Waals surface area contributed by atoms with Crippen LogP contribution in [0.15, 0.2) is 83.0 Å². The second kappa shape index (κ2) is 18.3. The Morgan fingerprint density at radius 3 is 1.49 bits per heavy atom. The van der Waals surface area contributed by atoms with Gasteiger partial charge in [-0.15, -0.1) is 0 Å². The van der Waals surface area contributed by atoms with Crippen molar-refractivity contribution in [2.24, 2.45) is 11.8 Å². The summed E-state index contributed by atoms with van der Waals surface area (Å²) in [6, 6.07) is 22.0. The first kappa shape index (κ1) is 32.3. The second-order valence-corrected chi connectivity index (χ2v) is 10.5. The predicted molar refractivity (Wildman–Crippen MR) is 163 cm³/mol. The van der Waals surface area contributed by atoms with Gasteiger partial charge in [0, 0.05) is 0 Å². The molecule has 0 unspecified atom stereocenters. The van der Waals surface area contributed by atoms with Crippen LogP contribution >= 0.6 is 0 Å². The van der Waals surface area contributed by atoms with Gasteiger partial charge in [0.05, 0.1) is 0 Å². The third-order valence-corrected chi connectivity index (χ3v) is 7.65. The molecule has 0 heterocycles. The van der Waals surface area contributed by atoms with Crippen LogP contribution in [0.25, 0.3) is 0 Å². The predicted octanol–water partition coefficient (Wildman–Crippen LogP) is 9.37. The number of hydrogen-bond acceptors (Lipinski definition) is 0. The summed E-state index contributed by atoms with van der Waals surface area (Å²) in [5.74, 6) is 0.813. The Morgan fingerprint density at radius 1 is 0.538 bits per heavy atom. The molecule has 1 heteroatoms. The Morgan fingerprint density at radius 2 is 0.974 bits per heavy atom. The van der Waals surface area contributed by atoms with E-state index < -0.39 is 0 Å². The van der Waals surface area contributed by atoms with E-state index in [1.165, 1.54) is 36.8 Å². The molecular weight excluding hydrogens is 548 g/mol. The van der Waals surface area contributed by atoms with Crippen molar-refractivity contribution in [1.29, 1.82) is 0 Å². The molecule has 2 aromatic carbocycles. The summed E-state index contributed by atoms with van der Waals surface area (Å²) in [5.41, 5.74) is 9.39. The molecule has 2 fully saturated rings. The van der Waals surface area contributed by atoms with E-state index in [9.17, 15) is 0 Å². The third-order valence-electron chi connectivity index (χ3n) is 7.65.